The number of ketones is 1. The summed E-state index contributed by atoms with van der Waals surface area (Å²) < 4.78 is 12.0. The van der Waals surface area contributed by atoms with Gasteiger partial charge in [0.05, 0.1) is 6.61 Å². The van der Waals surface area contributed by atoms with Crippen LogP contribution < -0.4 is 0 Å². The molecule has 0 radical (unpaired) electrons. The van der Waals surface area contributed by atoms with Crippen LogP contribution in [0.1, 0.15) is 49.4 Å². The predicted molar refractivity (Wildman–Crippen MR) is 72.0 cm³/mol. The van der Waals surface area contributed by atoms with Crippen LogP contribution in [0.5, 0.6) is 0 Å². The molecule has 0 bridgehead atoms. The number of benzene rings is 1. The molecule has 2 aliphatic rings. The van der Waals surface area contributed by atoms with E-state index in [1.165, 1.54) is 6.42 Å². The first-order chi connectivity index (χ1) is 9.14. The monoisotopic (exact) mass is 260 g/mol. The van der Waals surface area contributed by atoms with E-state index in [1.54, 1.807) is 0 Å². The molecule has 1 aliphatic heterocycles. The van der Waals surface area contributed by atoms with Crippen molar-refractivity contribution in [2.75, 3.05) is 6.61 Å². The Labute approximate surface area is 113 Å². The van der Waals surface area contributed by atoms with Gasteiger partial charge in [-0.15, -0.1) is 0 Å². The molecule has 1 atom stereocenters. The van der Waals surface area contributed by atoms with E-state index in [0.29, 0.717) is 12.2 Å². The molecule has 3 rings (SSSR count). The van der Waals surface area contributed by atoms with Crippen LogP contribution in [0.3, 0.4) is 0 Å². The quantitative estimate of drug-likeness (QED) is 0.765. The van der Waals surface area contributed by atoms with Gasteiger partial charge in [0.1, 0.15) is 0 Å². The summed E-state index contributed by atoms with van der Waals surface area (Å²) in [5.41, 5.74) is -0.139. The van der Waals surface area contributed by atoms with E-state index in [2.05, 4.69) is 0 Å². The standard InChI is InChI=1S/C16H20O3/c1-15(14(17)13-8-4-2-5-9-13)12-18-16(19-15)10-6-3-7-11-16/h2,4-5,8-9H,3,6-7,10-12H2,1H3. The molecular weight excluding hydrogens is 240 g/mol. The number of ether oxygens (including phenoxy) is 2. The highest BCUT2D eigenvalue weighted by atomic mass is 16.8. The maximum absolute atomic E-state index is 12.6. The van der Waals surface area contributed by atoms with Gasteiger partial charge in [0, 0.05) is 18.4 Å². The summed E-state index contributed by atoms with van der Waals surface area (Å²) in [6, 6.07) is 9.34. The van der Waals surface area contributed by atoms with Gasteiger partial charge in [0.2, 0.25) is 0 Å². The highest BCUT2D eigenvalue weighted by Gasteiger charge is 2.52. The lowest BCUT2D eigenvalue weighted by Crippen LogP contribution is -2.42. The number of hydrogen-bond acceptors (Lipinski definition) is 3. The summed E-state index contributed by atoms with van der Waals surface area (Å²) in [4.78, 5) is 12.6. The topological polar surface area (TPSA) is 35.5 Å². The van der Waals surface area contributed by atoms with Crippen molar-refractivity contribution in [3.05, 3.63) is 35.9 Å². The zero-order chi connectivity index (χ0) is 13.3. The number of carbonyl (C=O) groups excluding carboxylic acids is 1. The SMILES string of the molecule is CC1(C(=O)c2ccccc2)COC2(CCCCC2)O1. The van der Waals surface area contributed by atoms with Gasteiger partial charge in [-0.3, -0.25) is 4.79 Å². The molecule has 0 aromatic heterocycles. The first kappa shape index (κ1) is 12.8. The zero-order valence-corrected chi connectivity index (χ0v) is 11.4. The van der Waals surface area contributed by atoms with Crippen LogP contribution >= 0.6 is 0 Å². The Kier molecular flexibility index (Phi) is 3.19. The van der Waals surface area contributed by atoms with Gasteiger partial charge in [-0.1, -0.05) is 36.8 Å². The second-order valence-corrected chi connectivity index (χ2v) is 5.79. The molecule has 3 nitrogen and oxygen atoms in total. The largest absolute Gasteiger partial charge is 0.346 e. The molecule has 1 spiro atoms. The summed E-state index contributed by atoms with van der Waals surface area (Å²) in [7, 11) is 0. The molecule has 1 heterocycles. The van der Waals surface area contributed by atoms with Crippen LogP contribution in [0, 0.1) is 0 Å². The Bertz CT molecular complexity index is 462. The fourth-order valence-electron chi connectivity index (χ4n) is 3.08. The number of carbonyl (C=O) groups is 1. The molecule has 0 amide bonds. The van der Waals surface area contributed by atoms with Gasteiger partial charge in [-0.05, 0) is 19.8 Å². The van der Waals surface area contributed by atoms with Crippen LogP contribution in [-0.2, 0) is 9.47 Å². The maximum Gasteiger partial charge on any atom is 0.196 e. The van der Waals surface area contributed by atoms with Crippen molar-refractivity contribution < 1.29 is 14.3 Å². The first-order valence-corrected chi connectivity index (χ1v) is 7.08. The Morgan fingerprint density at radius 2 is 1.79 bits per heavy atom. The van der Waals surface area contributed by atoms with Gasteiger partial charge >= 0.3 is 0 Å². The summed E-state index contributed by atoms with van der Waals surface area (Å²) in [5, 5.41) is 0. The van der Waals surface area contributed by atoms with Crippen LogP contribution in [0.4, 0.5) is 0 Å². The third-order valence-corrected chi connectivity index (χ3v) is 4.15. The summed E-state index contributed by atoms with van der Waals surface area (Å²) in [6.45, 7) is 2.21. The minimum Gasteiger partial charge on any atom is -0.346 e. The van der Waals surface area contributed by atoms with Gasteiger partial charge in [-0.25, -0.2) is 0 Å². The average molecular weight is 260 g/mol. The predicted octanol–water partition coefficient (Wildman–Crippen LogP) is 3.34. The van der Waals surface area contributed by atoms with Crippen molar-refractivity contribution in [3.63, 3.8) is 0 Å². The molecule has 102 valence electrons. The zero-order valence-electron chi connectivity index (χ0n) is 11.4. The van der Waals surface area contributed by atoms with E-state index in [9.17, 15) is 4.79 Å². The minimum atomic E-state index is -0.835. The lowest BCUT2D eigenvalue weighted by atomic mass is 9.93. The van der Waals surface area contributed by atoms with E-state index in [1.807, 2.05) is 37.3 Å². The molecular formula is C16H20O3. The number of hydrogen-bond donors (Lipinski definition) is 0. The normalized spacial score (nSPS) is 29.5. The van der Waals surface area contributed by atoms with Gasteiger partial charge in [-0.2, -0.15) is 0 Å². The van der Waals surface area contributed by atoms with E-state index < -0.39 is 11.4 Å². The highest BCUT2D eigenvalue weighted by molar-refractivity contribution is 6.02. The lowest BCUT2D eigenvalue weighted by molar-refractivity contribution is -0.194. The van der Waals surface area contributed by atoms with Crippen molar-refractivity contribution in [2.24, 2.45) is 0 Å². The summed E-state index contributed by atoms with van der Waals surface area (Å²) in [5.74, 6) is -0.479. The molecule has 1 aromatic carbocycles. The molecule has 0 N–H and O–H groups in total. The van der Waals surface area contributed by atoms with Crippen molar-refractivity contribution in [1.82, 2.24) is 0 Å². The van der Waals surface area contributed by atoms with Crippen LogP contribution in [-0.4, -0.2) is 23.8 Å². The second kappa shape index (κ2) is 4.73. The molecule has 2 fully saturated rings. The van der Waals surface area contributed by atoms with Crippen LogP contribution in [0.15, 0.2) is 30.3 Å². The van der Waals surface area contributed by atoms with Crippen LogP contribution in [0.25, 0.3) is 0 Å². The van der Waals surface area contributed by atoms with Gasteiger partial charge in [0.15, 0.2) is 17.2 Å². The molecule has 1 aromatic rings. The van der Waals surface area contributed by atoms with E-state index in [4.69, 9.17) is 9.47 Å². The smallest absolute Gasteiger partial charge is 0.196 e. The van der Waals surface area contributed by atoms with Crippen molar-refractivity contribution in [1.29, 1.82) is 0 Å². The molecule has 1 saturated heterocycles. The third-order valence-electron chi connectivity index (χ3n) is 4.15. The van der Waals surface area contributed by atoms with Crippen molar-refractivity contribution in [3.8, 4) is 0 Å². The van der Waals surface area contributed by atoms with Crippen LogP contribution in [0.2, 0.25) is 0 Å². The minimum absolute atomic E-state index is 0.0237. The Morgan fingerprint density at radius 3 is 2.47 bits per heavy atom. The fraction of sp³-hybridized carbons (Fsp3) is 0.562. The number of rotatable bonds is 2. The average Bonchev–Trinajstić information content (AvgIpc) is 2.78. The van der Waals surface area contributed by atoms with E-state index in [-0.39, 0.29) is 5.78 Å². The molecule has 1 unspecified atom stereocenters. The van der Waals surface area contributed by atoms with Crippen molar-refractivity contribution in [2.45, 2.75) is 50.4 Å². The van der Waals surface area contributed by atoms with Gasteiger partial charge in [0.25, 0.3) is 0 Å². The highest BCUT2D eigenvalue weighted by Crippen LogP contribution is 2.42. The first-order valence-electron chi connectivity index (χ1n) is 7.08. The molecule has 1 saturated carbocycles. The maximum atomic E-state index is 12.6. The Hall–Kier alpha value is -1.19. The molecule has 3 heteroatoms. The van der Waals surface area contributed by atoms with E-state index in [0.717, 1.165) is 25.7 Å². The lowest BCUT2D eigenvalue weighted by Gasteiger charge is -2.33. The molecule has 1 aliphatic carbocycles. The van der Waals surface area contributed by atoms with Gasteiger partial charge < -0.3 is 9.47 Å². The Balaban J connectivity index is 1.79. The molecule has 19 heavy (non-hydrogen) atoms. The Morgan fingerprint density at radius 1 is 1.11 bits per heavy atom. The van der Waals surface area contributed by atoms with Crippen molar-refractivity contribution >= 4 is 5.78 Å². The summed E-state index contributed by atoms with van der Waals surface area (Å²) >= 11 is 0. The number of Topliss-reactive ketones (excluding diaryl/α,β-unsaturated/α-hetero) is 1. The second-order valence-electron chi connectivity index (χ2n) is 5.79. The fourth-order valence-corrected chi connectivity index (χ4v) is 3.08. The van der Waals surface area contributed by atoms with E-state index >= 15 is 0 Å². The summed E-state index contributed by atoms with van der Waals surface area (Å²) in [6.07, 6.45) is 5.29. The third kappa shape index (κ3) is 2.33.